The average Bonchev–Trinajstić information content (AvgIpc) is 2.57. The lowest BCUT2D eigenvalue weighted by Crippen LogP contribution is -2.04. The summed E-state index contributed by atoms with van der Waals surface area (Å²) in [6.45, 7) is 2.14. The summed E-state index contributed by atoms with van der Waals surface area (Å²) in [5, 5.41) is 1.90. The molecule has 0 saturated carbocycles. The van der Waals surface area contributed by atoms with E-state index in [1.807, 2.05) is 24.3 Å². The number of rotatable bonds is 4. The van der Waals surface area contributed by atoms with Gasteiger partial charge in [0.2, 0.25) is 5.88 Å². The number of carbonyl (C=O) groups excluding carboxylic acids is 1. The third kappa shape index (κ3) is 3.40. The Morgan fingerprint density at radius 3 is 2.61 bits per heavy atom. The second-order valence-corrected chi connectivity index (χ2v) is 4.98. The number of aromatic nitrogens is 1. The Kier molecular flexibility index (Phi) is 4.10. The van der Waals surface area contributed by atoms with E-state index in [4.69, 9.17) is 15.2 Å². The highest BCUT2D eigenvalue weighted by Crippen LogP contribution is 2.25. The van der Waals surface area contributed by atoms with Crippen molar-refractivity contribution in [3.8, 4) is 11.6 Å². The van der Waals surface area contributed by atoms with Crippen LogP contribution in [-0.4, -0.2) is 17.6 Å². The number of nitrogens with two attached hydrogens (primary N) is 1. The lowest BCUT2D eigenvalue weighted by atomic mass is 10.1. The van der Waals surface area contributed by atoms with Crippen LogP contribution in [0.15, 0.2) is 54.7 Å². The molecule has 5 heteroatoms. The molecule has 0 aliphatic carbocycles. The van der Waals surface area contributed by atoms with Crippen molar-refractivity contribution in [1.82, 2.24) is 4.98 Å². The predicted molar refractivity (Wildman–Crippen MR) is 88.6 cm³/mol. The summed E-state index contributed by atoms with van der Waals surface area (Å²) in [5.74, 6) is 0.821. The third-order valence-corrected chi connectivity index (χ3v) is 3.30. The molecule has 116 valence electrons. The van der Waals surface area contributed by atoms with Gasteiger partial charge >= 0.3 is 5.97 Å². The highest BCUT2D eigenvalue weighted by molar-refractivity contribution is 5.95. The molecule has 0 atom stereocenters. The fraction of sp³-hybridized carbons (Fsp3) is 0.111. The Morgan fingerprint density at radius 1 is 1.09 bits per heavy atom. The van der Waals surface area contributed by atoms with Crippen molar-refractivity contribution < 1.29 is 14.3 Å². The Morgan fingerprint density at radius 2 is 1.87 bits per heavy atom. The summed E-state index contributed by atoms with van der Waals surface area (Å²) in [5.41, 5.74) is 6.72. The van der Waals surface area contributed by atoms with Gasteiger partial charge in [0.05, 0.1) is 24.1 Å². The zero-order chi connectivity index (χ0) is 16.2. The first kappa shape index (κ1) is 14.8. The van der Waals surface area contributed by atoms with Gasteiger partial charge < -0.3 is 15.2 Å². The van der Waals surface area contributed by atoms with E-state index in [1.54, 1.807) is 37.4 Å². The molecular weight excluding hydrogens is 292 g/mol. The number of nitrogens with zero attached hydrogens (tertiary/aromatic N) is 1. The third-order valence-electron chi connectivity index (χ3n) is 3.30. The van der Waals surface area contributed by atoms with Crippen LogP contribution in [-0.2, 0) is 4.74 Å². The molecule has 0 fully saturated rings. The number of ether oxygens (including phenoxy) is 2. The molecule has 0 bridgehead atoms. The number of carbonyl (C=O) groups is 1. The molecule has 1 heterocycles. The van der Waals surface area contributed by atoms with Crippen LogP contribution >= 0.6 is 0 Å². The molecule has 0 spiro atoms. The molecule has 1 aromatic heterocycles. The van der Waals surface area contributed by atoms with E-state index in [2.05, 4.69) is 4.98 Å². The predicted octanol–water partition coefficient (Wildman–Crippen LogP) is 3.79. The normalized spacial score (nSPS) is 10.5. The molecule has 2 N–H and O–H groups in total. The summed E-state index contributed by atoms with van der Waals surface area (Å²) in [7, 11) is 0. The zero-order valence-corrected chi connectivity index (χ0v) is 12.7. The SMILES string of the molecule is CCOC(=O)c1ccc2cc(Oc3ccc(N)cn3)ccc2c1. The van der Waals surface area contributed by atoms with E-state index in [-0.39, 0.29) is 5.97 Å². The van der Waals surface area contributed by atoms with Crippen LogP contribution in [0.1, 0.15) is 17.3 Å². The maximum atomic E-state index is 11.8. The number of benzene rings is 2. The molecule has 0 aliphatic heterocycles. The fourth-order valence-corrected chi connectivity index (χ4v) is 2.20. The number of hydrogen-bond donors (Lipinski definition) is 1. The average molecular weight is 308 g/mol. The van der Waals surface area contributed by atoms with Crippen molar-refractivity contribution >= 4 is 22.4 Å². The molecule has 3 aromatic rings. The van der Waals surface area contributed by atoms with E-state index in [0.717, 1.165) is 10.8 Å². The van der Waals surface area contributed by atoms with Gasteiger partial charge in [0.25, 0.3) is 0 Å². The maximum Gasteiger partial charge on any atom is 0.338 e. The van der Waals surface area contributed by atoms with Crippen LogP contribution in [0.25, 0.3) is 10.8 Å². The summed E-state index contributed by atoms with van der Waals surface area (Å²) in [4.78, 5) is 15.9. The summed E-state index contributed by atoms with van der Waals surface area (Å²) >= 11 is 0. The Bertz CT molecular complexity index is 845. The first-order chi connectivity index (χ1) is 11.2. The molecule has 0 unspecified atom stereocenters. The van der Waals surface area contributed by atoms with Crippen LogP contribution in [0, 0.1) is 0 Å². The molecule has 0 saturated heterocycles. The highest BCUT2D eigenvalue weighted by atomic mass is 16.5. The first-order valence-electron chi connectivity index (χ1n) is 7.26. The fourth-order valence-electron chi connectivity index (χ4n) is 2.20. The summed E-state index contributed by atoms with van der Waals surface area (Å²) in [6, 6.07) is 14.5. The monoisotopic (exact) mass is 308 g/mol. The van der Waals surface area contributed by atoms with Crippen LogP contribution in [0.2, 0.25) is 0 Å². The lowest BCUT2D eigenvalue weighted by Gasteiger charge is -2.07. The van der Waals surface area contributed by atoms with Crippen molar-refractivity contribution in [2.24, 2.45) is 0 Å². The number of nitrogen functional groups attached to an aromatic ring is 1. The number of pyridine rings is 1. The first-order valence-corrected chi connectivity index (χ1v) is 7.26. The van der Waals surface area contributed by atoms with Crippen LogP contribution in [0.4, 0.5) is 5.69 Å². The molecule has 23 heavy (non-hydrogen) atoms. The minimum Gasteiger partial charge on any atom is -0.462 e. The number of hydrogen-bond acceptors (Lipinski definition) is 5. The van der Waals surface area contributed by atoms with E-state index in [9.17, 15) is 4.79 Å². The van der Waals surface area contributed by atoms with Crippen molar-refractivity contribution in [1.29, 1.82) is 0 Å². The van der Waals surface area contributed by atoms with Gasteiger partial charge in [0.15, 0.2) is 0 Å². The Hall–Kier alpha value is -3.08. The quantitative estimate of drug-likeness (QED) is 0.742. The van der Waals surface area contributed by atoms with E-state index >= 15 is 0 Å². The molecule has 5 nitrogen and oxygen atoms in total. The second kappa shape index (κ2) is 6.36. The highest BCUT2D eigenvalue weighted by Gasteiger charge is 2.08. The molecular formula is C18H16N2O3. The standard InChI is InChI=1S/C18H16N2O3/c1-2-22-18(21)14-4-3-13-10-16(7-5-12(13)9-14)23-17-8-6-15(19)11-20-17/h3-11H,2,19H2,1H3. The minimum absolute atomic E-state index is 0.319. The van der Waals surface area contributed by atoms with Crippen molar-refractivity contribution in [3.05, 3.63) is 60.3 Å². The van der Waals surface area contributed by atoms with Crippen molar-refractivity contribution in [2.75, 3.05) is 12.3 Å². The molecule has 0 aliphatic rings. The van der Waals surface area contributed by atoms with Gasteiger partial charge in [0.1, 0.15) is 5.75 Å². The van der Waals surface area contributed by atoms with Gasteiger partial charge in [-0.2, -0.15) is 0 Å². The van der Waals surface area contributed by atoms with E-state index in [0.29, 0.717) is 29.5 Å². The molecule has 2 aromatic carbocycles. The van der Waals surface area contributed by atoms with Crippen molar-refractivity contribution in [3.63, 3.8) is 0 Å². The van der Waals surface area contributed by atoms with Gasteiger partial charge in [-0.25, -0.2) is 9.78 Å². The van der Waals surface area contributed by atoms with Gasteiger partial charge in [-0.3, -0.25) is 0 Å². The lowest BCUT2D eigenvalue weighted by molar-refractivity contribution is 0.0526. The maximum absolute atomic E-state index is 11.8. The number of fused-ring (bicyclic) bond motifs is 1. The summed E-state index contributed by atoms with van der Waals surface area (Å²) < 4.78 is 10.7. The summed E-state index contributed by atoms with van der Waals surface area (Å²) in [6.07, 6.45) is 1.54. The van der Waals surface area contributed by atoms with Gasteiger partial charge in [-0.05, 0) is 48.0 Å². The molecule has 3 rings (SSSR count). The van der Waals surface area contributed by atoms with Gasteiger partial charge in [0, 0.05) is 6.07 Å². The van der Waals surface area contributed by atoms with Crippen LogP contribution in [0.3, 0.4) is 0 Å². The van der Waals surface area contributed by atoms with E-state index < -0.39 is 0 Å². The van der Waals surface area contributed by atoms with Gasteiger partial charge in [-0.1, -0.05) is 12.1 Å². The van der Waals surface area contributed by atoms with Crippen LogP contribution in [0.5, 0.6) is 11.6 Å². The molecule has 0 amide bonds. The molecule has 0 radical (unpaired) electrons. The Balaban J connectivity index is 1.86. The smallest absolute Gasteiger partial charge is 0.338 e. The van der Waals surface area contributed by atoms with Crippen LogP contribution < -0.4 is 10.5 Å². The minimum atomic E-state index is -0.319. The number of esters is 1. The second-order valence-electron chi connectivity index (χ2n) is 4.98. The van der Waals surface area contributed by atoms with Gasteiger partial charge in [-0.15, -0.1) is 0 Å². The Labute approximate surface area is 133 Å². The van der Waals surface area contributed by atoms with E-state index in [1.165, 1.54) is 0 Å². The number of anilines is 1. The topological polar surface area (TPSA) is 74.4 Å². The largest absolute Gasteiger partial charge is 0.462 e. The zero-order valence-electron chi connectivity index (χ0n) is 12.7. The van der Waals surface area contributed by atoms with Crippen molar-refractivity contribution in [2.45, 2.75) is 6.92 Å².